The number of aromatic amines is 1. The van der Waals surface area contributed by atoms with Gasteiger partial charge in [0.25, 0.3) is 0 Å². The van der Waals surface area contributed by atoms with Gasteiger partial charge in [0.15, 0.2) is 11.5 Å². The molecule has 0 spiro atoms. The normalized spacial score (nSPS) is 19.5. The van der Waals surface area contributed by atoms with E-state index in [4.69, 9.17) is 9.47 Å². The van der Waals surface area contributed by atoms with Crippen LogP contribution < -0.4 is 19.4 Å². The van der Waals surface area contributed by atoms with Gasteiger partial charge >= 0.3 is 11.5 Å². The van der Waals surface area contributed by atoms with E-state index in [1.807, 2.05) is 18.2 Å². The second-order valence-electron chi connectivity index (χ2n) is 6.27. The van der Waals surface area contributed by atoms with Crippen LogP contribution in [0.15, 0.2) is 36.5 Å². The summed E-state index contributed by atoms with van der Waals surface area (Å²) in [5.74, 6) is 2.08. The fraction of sp³-hybridized carbons (Fsp3) is 0.389. The molecular formula is C18H20N3O4+. The monoisotopic (exact) mass is 342 g/mol. The minimum atomic E-state index is -0.338. The molecule has 0 amide bonds. The van der Waals surface area contributed by atoms with Crippen LogP contribution in [-0.4, -0.2) is 24.7 Å². The Kier molecular flexibility index (Phi) is 4.13. The van der Waals surface area contributed by atoms with Crippen molar-refractivity contribution < 1.29 is 19.4 Å². The summed E-state index contributed by atoms with van der Waals surface area (Å²) in [4.78, 5) is 16.2. The van der Waals surface area contributed by atoms with Gasteiger partial charge in [0.2, 0.25) is 0 Å². The largest absolute Gasteiger partial charge is 0.490 e. The van der Waals surface area contributed by atoms with Gasteiger partial charge in [-0.25, -0.2) is 9.88 Å². The molecule has 7 nitrogen and oxygen atoms in total. The van der Waals surface area contributed by atoms with Crippen LogP contribution in [0.2, 0.25) is 0 Å². The molecule has 1 aromatic carbocycles. The van der Waals surface area contributed by atoms with Crippen LogP contribution in [0.4, 0.5) is 11.5 Å². The van der Waals surface area contributed by atoms with Crippen molar-refractivity contribution in [2.45, 2.75) is 25.3 Å². The van der Waals surface area contributed by atoms with Gasteiger partial charge in [0, 0.05) is 18.1 Å². The summed E-state index contributed by atoms with van der Waals surface area (Å²) >= 11 is 0. The van der Waals surface area contributed by atoms with E-state index in [0.717, 1.165) is 42.9 Å². The Morgan fingerprint density at radius 3 is 2.84 bits per heavy atom. The van der Waals surface area contributed by atoms with E-state index in [1.165, 1.54) is 6.07 Å². The summed E-state index contributed by atoms with van der Waals surface area (Å²) in [5.41, 5.74) is 1.19. The Bertz CT molecular complexity index is 796. The summed E-state index contributed by atoms with van der Waals surface area (Å²) < 4.78 is 11.5. The SMILES string of the molecule is O=[N+]([O-])c1ccc[nH+]c1N1CCC[C@@H]1c1ccc2c(c1)OCCCO2. The number of nitrogens with zero attached hydrogens (tertiary/aromatic N) is 2. The van der Waals surface area contributed by atoms with Gasteiger partial charge < -0.3 is 9.47 Å². The summed E-state index contributed by atoms with van der Waals surface area (Å²) in [7, 11) is 0. The molecule has 1 aromatic heterocycles. The van der Waals surface area contributed by atoms with Crippen LogP contribution in [0.3, 0.4) is 0 Å². The average Bonchev–Trinajstić information content (AvgIpc) is 3.00. The first kappa shape index (κ1) is 15.7. The number of fused-ring (bicyclic) bond motifs is 1. The number of H-pyrrole nitrogens is 1. The van der Waals surface area contributed by atoms with Crippen molar-refractivity contribution in [3.8, 4) is 11.5 Å². The van der Waals surface area contributed by atoms with Crippen LogP contribution in [0.5, 0.6) is 11.5 Å². The van der Waals surface area contributed by atoms with Crippen molar-refractivity contribution in [1.29, 1.82) is 0 Å². The molecule has 1 fully saturated rings. The highest BCUT2D eigenvalue weighted by Gasteiger charge is 2.38. The minimum absolute atomic E-state index is 0.0782. The smallest absolute Gasteiger partial charge is 0.357 e. The summed E-state index contributed by atoms with van der Waals surface area (Å²) in [6, 6.07) is 9.25. The standard InChI is InChI=1S/C18H19N3O4/c22-21(23)15-4-1-8-19-18(15)20-9-2-5-14(20)13-6-7-16-17(12-13)25-11-3-10-24-16/h1,4,6-8,12,14H,2-3,5,9-11H2/p+1/t14-/m1/s1. The molecule has 130 valence electrons. The number of nitro groups is 1. The first-order valence-corrected chi connectivity index (χ1v) is 8.55. The van der Waals surface area contributed by atoms with E-state index in [1.54, 1.807) is 12.3 Å². The lowest BCUT2D eigenvalue weighted by Gasteiger charge is -2.20. The van der Waals surface area contributed by atoms with Crippen LogP contribution >= 0.6 is 0 Å². The van der Waals surface area contributed by atoms with E-state index in [9.17, 15) is 10.1 Å². The van der Waals surface area contributed by atoms with Gasteiger partial charge in [-0.2, -0.15) is 0 Å². The third kappa shape index (κ3) is 2.97. The Morgan fingerprint density at radius 2 is 2.00 bits per heavy atom. The third-order valence-electron chi connectivity index (χ3n) is 4.71. The van der Waals surface area contributed by atoms with E-state index in [2.05, 4.69) is 9.88 Å². The lowest BCUT2D eigenvalue weighted by molar-refractivity contribution is -0.411. The first-order chi connectivity index (χ1) is 12.2. The number of ether oxygens (including phenoxy) is 2. The zero-order valence-corrected chi connectivity index (χ0v) is 13.8. The second-order valence-corrected chi connectivity index (χ2v) is 6.27. The van der Waals surface area contributed by atoms with Crippen LogP contribution in [0.1, 0.15) is 30.9 Å². The highest BCUT2D eigenvalue weighted by molar-refractivity contribution is 5.56. The van der Waals surface area contributed by atoms with Crippen LogP contribution in [0.25, 0.3) is 0 Å². The predicted molar refractivity (Wildman–Crippen MR) is 91.0 cm³/mol. The topological polar surface area (TPSA) is 79.0 Å². The lowest BCUT2D eigenvalue weighted by Crippen LogP contribution is -2.29. The molecule has 1 N–H and O–H groups in total. The molecule has 7 heteroatoms. The molecule has 0 saturated carbocycles. The molecule has 4 rings (SSSR count). The lowest BCUT2D eigenvalue weighted by atomic mass is 10.0. The Hall–Kier alpha value is -2.83. The van der Waals surface area contributed by atoms with E-state index in [-0.39, 0.29) is 16.7 Å². The van der Waals surface area contributed by atoms with Crippen molar-refractivity contribution in [3.05, 3.63) is 52.2 Å². The minimum Gasteiger partial charge on any atom is -0.490 e. The van der Waals surface area contributed by atoms with Crippen molar-refractivity contribution in [2.24, 2.45) is 0 Å². The fourth-order valence-corrected chi connectivity index (χ4v) is 3.56. The number of benzene rings is 1. The van der Waals surface area contributed by atoms with E-state index < -0.39 is 0 Å². The number of anilines is 1. The molecular weight excluding hydrogens is 322 g/mol. The fourth-order valence-electron chi connectivity index (χ4n) is 3.56. The molecule has 0 bridgehead atoms. The average molecular weight is 342 g/mol. The first-order valence-electron chi connectivity index (χ1n) is 8.55. The predicted octanol–water partition coefficient (Wildman–Crippen LogP) is 2.91. The Morgan fingerprint density at radius 1 is 1.16 bits per heavy atom. The molecule has 2 aliphatic heterocycles. The van der Waals surface area contributed by atoms with Gasteiger partial charge in [-0.1, -0.05) is 6.07 Å². The molecule has 1 saturated heterocycles. The zero-order chi connectivity index (χ0) is 17.2. The number of hydrogen-bond acceptors (Lipinski definition) is 5. The van der Waals surface area contributed by atoms with Crippen LogP contribution in [-0.2, 0) is 0 Å². The van der Waals surface area contributed by atoms with Gasteiger partial charge in [0.1, 0.15) is 6.04 Å². The number of rotatable bonds is 3. The summed E-state index contributed by atoms with van der Waals surface area (Å²) in [5, 5.41) is 11.4. The van der Waals surface area contributed by atoms with E-state index >= 15 is 0 Å². The molecule has 0 radical (unpaired) electrons. The number of hydrogen-bond donors (Lipinski definition) is 0. The van der Waals surface area contributed by atoms with Gasteiger partial charge in [-0.05, 0) is 31.0 Å². The van der Waals surface area contributed by atoms with Crippen LogP contribution in [0, 0.1) is 10.1 Å². The highest BCUT2D eigenvalue weighted by Crippen LogP contribution is 2.40. The second kappa shape index (κ2) is 6.58. The Balaban J connectivity index is 1.69. The van der Waals surface area contributed by atoms with Crippen molar-refractivity contribution in [2.75, 3.05) is 24.7 Å². The van der Waals surface area contributed by atoms with Gasteiger partial charge in [-0.15, -0.1) is 0 Å². The van der Waals surface area contributed by atoms with Gasteiger partial charge in [0.05, 0.1) is 30.9 Å². The third-order valence-corrected chi connectivity index (χ3v) is 4.71. The van der Waals surface area contributed by atoms with Crippen molar-refractivity contribution >= 4 is 11.5 Å². The number of aromatic nitrogens is 1. The van der Waals surface area contributed by atoms with Crippen molar-refractivity contribution in [3.63, 3.8) is 0 Å². The molecule has 1 atom stereocenters. The van der Waals surface area contributed by atoms with Crippen molar-refractivity contribution in [1.82, 2.24) is 0 Å². The maximum Gasteiger partial charge on any atom is 0.357 e. The molecule has 2 aromatic rings. The number of pyridine rings is 1. The highest BCUT2D eigenvalue weighted by atomic mass is 16.6. The number of nitrogens with one attached hydrogen (secondary N) is 1. The zero-order valence-electron chi connectivity index (χ0n) is 13.8. The quantitative estimate of drug-likeness (QED) is 0.633. The van der Waals surface area contributed by atoms with E-state index in [0.29, 0.717) is 19.0 Å². The summed E-state index contributed by atoms with van der Waals surface area (Å²) in [6.07, 6.45) is 4.52. The molecule has 25 heavy (non-hydrogen) atoms. The molecule has 0 unspecified atom stereocenters. The van der Waals surface area contributed by atoms with Gasteiger partial charge in [-0.3, -0.25) is 10.1 Å². The molecule has 3 heterocycles. The Labute approximate surface area is 145 Å². The molecule has 0 aliphatic carbocycles. The molecule has 2 aliphatic rings. The maximum absolute atomic E-state index is 11.4. The summed E-state index contributed by atoms with van der Waals surface area (Å²) in [6.45, 7) is 2.08. The maximum atomic E-state index is 11.4.